The van der Waals surface area contributed by atoms with Crippen molar-refractivity contribution in [3.8, 4) is 0 Å². The van der Waals surface area contributed by atoms with Crippen molar-refractivity contribution in [2.24, 2.45) is 12.8 Å². The van der Waals surface area contributed by atoms with Crippen LogP contribution >= 0.6 is 23.2 Å². The Hall–Kier alpha value is -1.03. The molecule has 0 radical (unpaired) electrons. The maximum absolute atomic E-state index is 6.47. The highest BCUT2D eigenvalue weighted by atomic mass is 35.5. The molecule has 1 aromatic carbocycles. The molecule has 0 saturated heterocycles. The molecular weight excluding hydrogens is 293 g/mol. The van der Waals surface area contributed by atoms with E-state index in [2.05, 4.69) is 5.10 Å². The van der Waals surface area contributed by atoms with Crippen LogP contribution in [0.2, 0.25) is 10.0 Å². The normalized spacial score (nSPS) is 14.3. The van der Waals surface area contributed by atoms with E-state index in [0.29, 0.717) is 16.5 Å². The van der Waals surface area contributed by atoms with Crippen molar-refractivity contribution >= 4 is 23.2 Å². The fourth-order valence-electron chi connectivity index (χ4n) is 2.31. The van der Waals surface area contributed by atoms with Gasteiger partial charge in [-0.3, -0.25) is 4.68 Å². The molecule has 5 heteroatoms. The number of benzene rings is 1. The number of aryl methyl sites for hydroxylation is 2. The number of halogens is 2. The van der Waals surface area contributed by atoms with Crippen molar-refractivity contribution in [2.45, 2.75) is 32.2 Å². The molecule has 0 aliphatic rings. The molecule has 20 heavy (non-hydrogen) atoms. The third kappa shape index (κ3) is 3.00. The van der Waals surface area contributed by atoms with Crippen molar-refractivity contribution in [2.75, 3.05) is 0 Å². The Labute approximate surface area is 129 Å². The van der Waals surface area contributed by atoms with Crippen LogP contribution in [-0.4, -0.2) is 9.78 Å². The van der Waals surface area contributed by atoms with Crippen LogP contribution in [0, 0.1) is 0 Å². The van der Waals surface area contributed by atoms with Gasteiger partial charge in [-0.2, -0.15) is 5.10 Å². The summed E-state index contributed by atoms with van der Waals surface area (Å²) in [4.78, 5) is 0. The number of aromatic nitrogens is 2. The number of hydrogen-bond donors (Lipinski definition) is 1. The first-order valence-electron chi connectivity index (χ1n) is 6.60. The van der Waals surface area contributed by atoms with Crippen LogP contribution in [0.25, 0.3) is 0 Å². The van der Waals surface area contributed by atoms with E-state index in [1.165, 1.54) is 0 Å². The lowest BCUT2D eigenvalue weighted by molar-refractivity contribution is 0.472. The van der Waals surface area contributed by atoms with Gasteiger partial charge in [0.2, 0.25) is 0 Å². The molecule has 0 amide bonds. The first-order chi connectivity index (χ1) is 9.35. The average molecular weight is 312 g/mol. The topological polar surface area (TPSA) is 43.8 Å². The van der Waals surface area contributed by atoms with Crippen molar-refractivity contribution < 1.29 is 0 Å². The molecule has 2 rings (SSSR count). The molecule has 0 spiro atoms. The van der Waals surface area contributed by atoms with Crippen molar-refractivity contribution in [1.29, 1.82) is 0 Å². The molecule has 1 atom stereocenters. The van der Waals surface area contributed by atoms with Gasteiger partial charge in [-0.1, -0.05) is 42.3 Å². The molecule has 0 fully saturated rings. The maximum Gasteiger partial charge on any atom is 0.0850 e. The van der Waals surface area contributed by atoms with Gasteiger partial charge < -0.3 is 5.73 Å². The summed E-state index contributed by atoms with van der Waals surface area (Å²) in [5.41, 5.74) is 8.77. The Morgan fingerprint density at radius 2 is 2.05 bits per heavy atom. The van der Waals surface area contributed by atoms with Crippen LogP contribution in [0.1, 0.15) is 30.8 Å². The van der Waals surface area contributed by atoms with E-state index in [1.807, 2.05) is 49.8 Å². The van der Waals surface area contributed by atoms with Crippen LogP contribution in [0.4, 0.5) is 0 Å². The van der Waals surface area contributed by atoms with E-state index >= 15 is 0 Å². The van der Waals surface area contributed by atoms with E-state index < -0.39 is 5.54 Å². The zero-order valence-electron chi connectivity index (χ0n) is 12.0. The molecule has 2 N–H and O–H groups in total. The van der Waals surface area contributed by atoms with E-state index in [4.69, 9.17) is 28.9 Å². The number of nitrogens with two attached hydrogens (primary N) is 1. The Bertz CT molecular complexity index is 618. The van der Waals surface area contributed by atoms with Gasteiger partial charge in [0.1, 0.15) is 0 Å². The van der Waals surface area contributed by atoms with Crippen LogP contribution in [0.3, 0.4) is 0 Å². The van der Waals surface area contributed by atoms with Crippen LogP contribution in [-0.2, 0) is 25.4 Å². The van der Waals surface area contributed by atoms with Crippen LogP contribution < -0.4 is 5.73 Å². The predicted molar refractivity (Wildman–Crippen MR) is 84.3 cm³/mol. The number of hydrogen-bond acceptors (Lipinski definition) is 2. The first kappa shape index (κ1) is 15.4. The third-order valence-electron chi connectivity index (χ3n) is 3.52. The summed E-state index contributed by atoms with van der Waals surface area (Å²) in [6.45, 7) is 4.02. The SMILES string of the molecule is CCc1nn(C)c(CC(C)(N)c2cccc(Cl)c2)c1Cl. The van der Waals surface area contributed by atoms with E-state index in [9.17, 15) is 0 Å². The van der Waals surface area contributed by atoms with Gasteiger partial charge in [0.15, 0.2) is 0 Å². The molecule has 0 aliphatic heterocycles. The molecule has 0 aliphatic carbocycles. The molecule has 0 saturated carbocycles. The highest BCUT2D eigenvalue weighted by molar-refractivity contribution is 6.32. The quantitative estimate of drug-likeness (QED) is 0.935. The zero-order chi connectivity index (χ0) is 14.9. The molecule has 108 valence electrons. The number of nitrogens with zero attached hydrogens (tertiary/aromatic N) is 2. The molecule has 1 aromatic heterocycles. The summed E-state index contributed by atoms with van der Waals surface area (Å²) in [6.07, 6.45) is 1.42. The molecule has 0 bridgehead atoms. The fraction of sp³-hybridized carbons (Fsp3) is 0.400. The van der Waals surface area contributed by atoms with E-state index in [-0.39, 0.29) is 0 Å². The van der Waals surface area contributed by atoms with Gasteiger partial charge >= 0.3 is 0 Å². The van der Waals surface area contributed by atoms with E-state index in [1.54, 1.807) is 0 Å². The van der Waals surface area contributed by atoms with Gasteiger partial charge in [-0.05, 0) is 31.0 Å². The van der Waals surface area contributed by atoms with Gasteiger partial charge in [-0.25, -0.2) is 0 Å². The molecule has 1 heterocycles. The predicted octanol–water partition coefficient (Wildman–Crippen LogP) is 3.71. The summed E-state index contributed by atoms with van der Waals surface area (Å²) in [7, 11) is 1.90. The minimum atomic E-state index is -0.548. The third-order valence-corrected chi connectivity index (χ3v) is 4.19. The fourth-order valence-corrected chi connectivity index (χ4v) is 2.86. The molecular formula is C15H19Cl2N3. The lowest BCUT2D eigenvalue weighted by Crippen LogP contribution is -2.36. The maximum atomic E-state index is 6.47. The number of rotatable bonds is 4. The highest BCUT2D eigenvalue weighted by Crippen LogP contribution is 2.29. The minimum absolute atomic E-state index is 0.548. The summed E-state index contributed by atoms with van der Waals surface area (Å²) >= 11 is 12.4. The summed E-state index contributed by atoms with van der Waals surface area (Å²) in [6, 6.07) is 7.63. The van der Waals surface area contributed by atoms with Gasteiger partial charge in [-0.15, -0.1) is 0 Å². The highest BCUT2D eigenvalue weighted by Gasteiger charge is 2.26. The van der Waals surface area contributed by atoms with Crippen LogP contribution in [0.5, 0.6) is 0 Å². The minimum Gasteiger partial charge on any atom is -0.321 e. The molecule has 2 aromatic rings. The monoisotopic (exact) mass is 311 g/mol. The second-order valence-corrected chi connectivity index (χ2v) is 6.10. The largest absolute Gasteiger partial charge is 0.321 e. The molecule has 3 nitrogen and oxygen atoms in total. The second-order valence-electron chi connectivity index (χ2n) is 5.29. The van der Waals surface area contributed by atoms with Gasteiger partial charge in [0.05, 0.1) is 16.4 Å². The smallest absolute Gasteiger partial charge is 0.0850 e. The Kier molecular flexibility index (Phi) is 4.43. The second kappa shape index (κ2) is 5.76. The lowest BCUT2D eigenvalue weighted by Gasteiger charge is -2.25. The van der Waals surface area contributed by atoms with Gasteiger partial charge in [0.25, 0.3) is 0 Å². The molecule has 1 unspecified atom stereocenters. The van der Waals surface area contributed by atoms with Crippen molar-refractivity contribution in [3.05, 3.63) is 51.3 Å². The van der Waals surface area contributed by atoms with Crippen LogP contribution in [0.15, 0.2) is 24.3 Å². The summed E-state index contributed by atoms with van der Waals surface area (Å²) in [5, 5.41) is 5.83. The Morgan fingerprint density at radius 1 is 1.35 bits per heavy atom. The Morgan fingerprint density at radius 3 is 2.60 bits per heavy atom. The first-order valence-corrected chi connectivity index (χ1v) is 7.36. The summed E-state index contributed by atoms with van der Waals surface area (Å²) < 4.78 is 1.82. The lowest BCUT2D eigenvalue weighted by atomic mass is 9.88. The van der Waals surface area contributed by atoms with Gasteiger partial charge in [0, 0.05) is 24.0 Å². The average Bonchev–Trinajstić information content (AvgIpc) is 2.66. The van der Waals surface area contributed by atoms with Crippen molar-refractivity contribution in [1.82, 2.24) is 9.78 Å². The van der Waals surface area contributed by atoms with E-state index in [0.717, 1.165) is 23.4 Å². The zero-order valence-corrected chi connectivity index (χ0v) is 13.5. The van der Waals surface area contributed by atoms with Crippen molar-refractivity contribution in [3.63, 3.8) is 0 Å². The summed E-state index contributed by atoms with van der Waals surface area (Å²) in [5.74, 6) is 0. The standard InChI is InChI=1S/C15H19Cl2N3/c1-4-12-14(17)13(20(3)19-12)9-15(2,18)10-6-5-7-11(16)8-10/h5-8H,4,9,18H2,1-3H3. The Balaban J connectivity index is 2.35.